The number of carbonyl (C=O) groups is 1. The number of imidazole rings is 1. The summed E-state index contributed by atoms with van der Waals surface area (Å²) in [4.78, 5) is 17.1. The van der Waals surface area contributed by atoms with E-state index in [1.54, 1.807) is 20.5 Å². The SMILES string of the molecule is COc1ccc(OC)c(-n2cnc3cc(C(=O)NCCC4=CCCCC4)ccc32)c1. The van der Waals surface area contributed by atoms with Gasteiger partial charge in [-0.3, -0.25) is 9.36 Å². The fourth-order valence-electron chi connectivity index (χ4n) is 3.90. The Kier molecular flexibility index (Phi) is 6.02. The van der Waals surface area contributed by atoms with Gasteiger partial charge in [-0.15, -0.1) is 0 Å². The molecule has 1 aromatic heterocycles. The molecule has 1 N–H and O–H groups in total. The number of rotatable bonds is 7. The van der Waals surface area contributed by atoms with E-state index in [4.69, 9.17) is 9.47 Å². The zero-order valence-electron chi connectivity index (χ0n) is 17.5. The van der Waals surface area contributed by atoms with E-state index < -0.39 is 0 Å². The van der Waals surface area contributed by atoms with Crippen molar-refractivity contribution in [3.05, 3.63) is 59.9 Å². The third-order valence-electron chi connectivity index (χ3n) is 5.57. The number of hydrogen-bond donors (Lipinski definition) is 1. The van der Waals surface area contributed by atoms with Crippen LogP contribution in [0.1, 0.15) is 42.5 Å². The number of carbonyl (C=O) groups excluding carboxylic acids is 1. The summed E-state index contributed by atoms with van der Waals surface area (Å²) in [7, 11) is 3.27. The van der Waals surface area contributed by atoms with Gasteiger partial charge in [0.15, 0.2) is 0 Å². The molecule has 0 unspecified atom stereocenters. The molecule has 1 amide bonds. The Morgan fingerprint density at radius 3 is 2.80 bits per heavy atom. The number of methoxy groups -OCH3 is 2. The van der Waals surface area contributed by atoms with Crippen LogP contribution in [0.4, 0.5) is 0 Å². The molecule has 0 aliphatic heterocycles. The fourth-order valence-corrected chi connectivity index (χ4v) is 3.90. The minimum Gasteiger partial charge on any atom is -0.497 e. The topological polar surface area (TPSA) is 65.4 Å². The second-order valence-electron chi connectivity index (χ2n) is 7.47. The molecule has 6 heteroatoms. The summed E-state index contributed by atoms with van der Waals surface area (Å²) in [5, 5.41) is 3.03. The van der Waals surface area contributed by atoms with Crippen LogP contribution in [0.2, 0.25) is 0 Å². The van der Waals surface area contributed by atoms with Gasteiger partial charge in [0.05, 0.1) is 30.9 Å². The highest BCUT2D eigenvalue weighted by atomic mass is 16.5. The van der Waals surface area contributed by atoms with Crippen LogP contribution in [0.15, 0.2) is 54.4 Å². The summed E-state index contributed by atoms with van der Waals surface area (Å²) in [5.74, 6) is 1.38. The molecule has 0 saturated carbocycles. The zero-order valence-corrected chi connectivity index (χ0v) is 17.5. The lowest BCUT2D eigenvalue weighted by atomic mass is 9.97. The van der Waals surface area contributed by atoms with Crippen molar-refractivity contribution < 1.29 is 14.3 Å². The van der Waals surface area contributed by atoms with Crippen molar-refractivity contribution in [2.75, 3.05) is 20.8 Å². The number of nitrogens with one attached hydrogen (secondary N) is 1. The quantitative estimate of drug-likeness (QED) is 0.581. The van der Waals surface area contributed by atoms with Gasteiger partial charge in [0.25, 0.3) is 5.91 Å². The first-order valence-corrected chi connectivity index (χ1v) is 10.3. The number of allylic oxidation sites excluding steroid dienone is 1. The average Bonchev–Trinajstić information content (AvgIpc) is 3.22. The molecular formula is C24H27N3O3. The van der Waals surface area contributed by atoms with Crippen LogP contribution in [0.5, 0.6) is 11.5 Å². The molecule has 2 aromatic carbocycles. The van der Waals surface area contributed by atoms with E-state index in [1.165, 1.54) is 24.8 Å². The standard InChI is InChI=1S/C24H27N3O3/c1-29-19-9-11-23(30-2)22(15-19)27-16-26-20-14-18(8-10-21(20)27)24(28)25-13-12-17-6-4-3-5-7-17/h6,8-11,14-16H,3-5,7,12-13H2,1-2H3,(H,25,28). The number of nitrogens with zero attached hydrogens (tertiary/aromatic N) is 2. The molecule has 1 aliphatic carbocycles. The Morgan fingerprint density at radius 2 is 2.03 bits per heavy atom. The highest BCUT2D eigenvalue weighted by Gasteiger charge is 2.14. The molecule has 6 nitrogen and oxygen atoms in total. The van der Waals surface area contributed by atoms with Gasteiger partial charge in [0.1, 0.15) is 17.8 Å². The van der Waals surface area contributed by atoms with E-state index in [1.807, 2.05) is 41.0 Å². The number of amides is 1. The first-order chi connectivity index (χ1) is 14.7. The molecule has 0 spiro atoms. The zero-order chi connectivity index (χ0) is 20.9. The minimum absolute atomic E-state index is 0.0678. The summed E-state index contributed by atoms with van der Waals surface area (Å²) in [5.41, 5.74) is 4.55. The first-order valence-electron chi connectivity index (χ1n) is 10.3. The van der Waals surface area contributed by atoms with Crippen LogP contribution in [0.3, 0.4) is 0 Å². The Morgan fingerprint density at radius 1 is 1.13 bits per heavy atom. The number of ether oxygens (including phenoxy) is 2. The van der Waals surface area contributed by atoms with Crippen LogP contribution >= 0.6 is 0 Å². The molecule has 4 rings (SSSR count). The average molecular weight is 405 g/mol. The predicted molar refractivity (Wildman–Crippen MR) is 118 cm³/mol. The molecule has 0 radical (unpaired) electrons. The summed E-state index contributed by atoms with van der Waals surface area (Å²) in [6.45, 7) is 0.665. The Bertz CT molecular complexity index is 1080. The van der Waals surface area contributed by atoms with Crippen molar-refractivity contribution >= 4 is 16.9 Å². The molecule has 0 fully saturated rings. The molecule has 0 bridgehead atoms. The van der Waals surface area contributed by atoms with Crippen molar-refractivity contribution in [2.24, 2.45) is 0 Å². The van der Waals surface area contributed by atoms with E-state index in [9.17, 15) is 4.79 Å². The molecule has 1 heterocycles. The number of benzene rings is 2. The molecule has 3 aromatic rings. The van der Waals surface area contributed by atoms with Crippen molar-refractivity contribution in [3.8, 4) is 17.2 Å². The molecule has 0 atom stereocenters. The van der Waals surface area contributed by atoms with Gasteiger partial charge in [-0.1, -0.05) is 11.6 Å². The largest absolute Gasteiger partial charge is 0.497 e. The van der Waals surface area contributed by atoms with Gasteiger partial charge in [-0.25, -0.2) is 4.98 Å². The summed E-state index contributed by atoms with van der Waals surface area (Å²) < 4.78 is 12.8. The van der Waals surface area contributed by atoms with Crippen LogP contribution in [0, 0.1) is 0 Å². The van der Waals surface area contributed by atoms with Crippen LogP contribution in [0.25, 0.3) is 16.7 Å². The van der Waals surface area contributed by atoms with E-state index >= 15 is 0 Å². The Hall–Kier alpha value is -3.28. The van der Waals surface area contributed by atoms with E-state index in [0.717, 1.165) is 35.3 Å². The van der Waals surface area contributed by atoms with Crippen molar-refractivity contribution in [2.45, 2.75) is 32.1 Å². The summed E-state index contributed by atoms with van der Waals surface area (Å²) >= 11 is 0. The molecule has 1 aliphatic rings. The van der Waals surface area contributed by atoms with Crippen LogP contribution < -0.4 is 14.8 Å². The lowest BCUT2D eigenvalue weighted by Gasteiger charge is -2.13. The maximum absolute atomic E-state index is 12.6. The van der Waals surface area contributed by atoms with E-state index in [2.05, 4.69) is 16.4 Å². The van der Waals surface area contributed by atoms with Crippen molar-refractivity contribution in [1.29, 1.82) is 0 Å². The normalized spacial score (nSPS) is 13.7. The lowest BCUT2D eigenvalue weighted by Crippen LogP contribution is -2.24. The monoisotopic (exact) mass is 405 g/mol. The predicted octanol–water partition coefficient (Wildman–Crippen LogP) is 4.66. The van der Waals surface area contributed by atoms with Gasteiger partial charge < -0.3 is 14.8 Å². The maximum Gasteiger partial charge on any atom is 0.251 e. The molecule has 0 saturated heterocycles. The molecular weight excluding hydrogens is 378 g/mol. The van der Waals surface area contributed by atoms with Gasteiger partial charge in [-0.05, 0) is 62.4 Å². The second kappa shape index (κ2) is 9.03. The second-order valence-corrected chi connectivity index (χ2v) is 7.47. The minimum atomic E-state index is -0.0678. The van der Waals surface area contributed by atoms with Crippen LogP contribution in [-0.4, -0.2) is 36.2 Å². The summed E-state index contributed by atoms with van der Waals surface area (Å²) in [6, 6.07) is 11.2. The number of hydrogen-bond acceptors (Lipinski definition) is 4. The highest BCUT2D eigenvalue weighted by molar-refractivity contribution is 5.97. The fraction of sp³-hybridized carbons (Fsp3) is 0.333. The van der Waals surface area contributed by atoms with E-state index in [-0.39, 0.29) is 5.91 Å². The van der Waals surface area contributed by atoms with Gasteiger partial charge in [0.2, 0.25) is 0 Å². The van der Waals surface area contributed by atoms with Crippen molar-refractivity contribution in [3.63, 3.8) is 0 Å². The summed E-state index contributed by atoms with van der Waals surface area (Å²) in [6.07, 6.45) is 9.85. The van der Waals surface area contributed by atoms with Crippen molar-refractivity contribution in [1.82, 2.24) is 14.9 Å². The molecule has 156 valence electrons. The number of fused-ring (bicyclic) bond motifs is 1. The Labute approximate surface area is 176 Å². The lowest BCUT2D eigenvalue weighted by molar-refractivity contribution is 0.0954. The third-order valence-corrected chi connectivity index (χ3v) is 5.57. The third kappa shape index (κ3) is 4.17. The molecule has 30 heavy (non-hydrogen) atoms. The Balaban J connectivity index is 1.52. The van der Waals surface area contributed by atoms with E-state index in [0.29, 0.717) is 17.9 Å². The van der Waals surface area contributed by atoms with Gasteiger partial charge in [-0.2, -0.15) is 0 Å². The van der Waals surface area contributed by atoms with Gasteiger partial charge >= 0.3 is 0 Å². The van der Waals surface area contributed by atoms with Crippen LogP contribution in [-0.2, 0) is 0 Å². The first kappa shape index (κ1) is 20.0. The smallest absolute Gasteiger partial charge is 0.251 e. The number of aromatic nitrogens is 2. The maximum atomic E-state index is 12.6. The van der Waals surface area contributed by atoms with Gasteiger partial charge in [0, 0.05) is 18.2 Å². The highest BCUT2D eigenvalue weighted by Crippen LogP contribution is 2.30.